The number of halogens is 2. The maximum atomic E-state index is 12.6. The minimum Gasteiger partial charge on any atom is -0.457 e. The van der Waals surface area contributed by atoms with Crippen molar-refractivity contribution in [2.45, 2.75) is 0 Å². The normalized spacial score (nSPS) is 15.5. The molecular formula is C20H12BrClN2O3. The Morgan fingerprint density at radius 1 is 1.04 bits per heavy atom. The van der Waals surface area contributed by atoms with Gasteiger partial charge < -0.3 is 9.73 Å². The van der Waals surface area contributed by atoms with Crippen LogP contribution in [0.2, 0.25) is 5.02 Å². The van der Waals surface area contributed by atoms with Crippen molar-refractivity contribution in [2.75, 3.05) is 4.90 Å². The fourth-order valence-corrected chi connectivity index (χ4v) is 3.34. The molecule has 2 aromatic carbocycles. The van der Waals surface area contributed by atoms with Gasteiger partial charge in [-0.1, -0.05) is 45.7 Å². The zero-order valence-electron chi connectivity index (χ0n) is 13.8. The van der Waals surface area contributed by atoms with Crippen molar-refractivity contribution in [3.05, 3.63) is 81.6 Å². The smallest absolute Gasteiger partial charge is 0.333 e. The Balaban J connectivity index is 1.62. The van der Waals surface area contributed by atoms with Crippen molar-refractivity contribution in [1.82, 2.24) is 5.32 Å². The van der Waals surface area contributed by atoms with Crippen LogP contribution in [0, 0.1) is 0 Å². The van der Waals surface area contributed by atoms with Gasteiger partial charge in [0.1, 0.15) is 17.2 Å². The van der Waals surface area contributed by atoms with Crippen LogP contribution in [-0.4, -0.2) is 11.9 Å². The number of imide groups is 1. The molecule has 1 fully saturated rings. The molecule has 0 unspecified atom stereocenters. The van der Waals surface area contributed by atoms with Crippen LogP contribution in [0.3, 0.4) is 0 Å². The summed E-state index contributed by atoms with van der Waals surface area (Å²) in [6.45, 7) is 0. The largest absolute Gasteiger partial charge is 0.457 e. The van der Waals surface area contributed by atoms with Crippen LogP contribution in [0.15, 0.2) is 75.3 Å². The number of nitrogens with zero attached hydrogens (tertiary/aromatic N) is 1. The lowest BCUT2D eigenvalue weighted by molar-refractivity contribution is -0.113. The Bertz CT molecular complexity index is 1090. The summed E-state index contributed by atoms with van der Waals surface area (Å²) in [7, 11) is 0. The lowest BCUT2D eigenvalue weighted by Gasteiger charge is -2.11. The van der Waals surface area contributed by atoms with E-state index in [1.54, 1.807) is 30.3 Å². The molecule has 4 rings (SSSR count). The van der Waals surface area contributed by atoms with E-state index in [9.17, 15) is 9.59 Å². The molecule has 2 heterocycles. The first-order valence-electron chi connectivity index (χ1n) is 8.00. The quantitative estimate of drug-likeness (QED) is 0.432. The number of benzene rings is 2. The first kappa shape index (κ1) is 17.6. The summed E-state index contributed by atoms with van der Waals surface area (Å²) in [6, 6.07) is 17.2. The van der Waals surface area contributed by atoms with Gasteiger partial charge in [-0.15, -0.1) is 0 Å². The van der Waals surface area contributed by atoms with Gasteiger partial charge in [0.25, 0.3) is 5.91 Å². The molecule has 0 saturated carbocycles. The minimum atomic E-state index is -0.535. The van der Waals surface area contributed by atoms with Gasteiger partial charge in [-0.2, -0.15) is 0 Å². The minimum absolute atomic E-state index is 0.134. The lowest BCUT2D eigenvalue weighted by atomic mass is 10.2. The summed E-state index contributed by atoms with van der Waals surface area (Å²) >= 11 is 9.38. The fraction of sp³-hybridized carbons (Fsp3) is 0. The SMILES string of the molecule is O=C1N/C(=C/c2ccc(-c3cccc(Br)c3)o2)C(=O)N1c1cccc(Cl)c1. The zero-order valence-corrected chi connectivity index (χ0v) is 16.1. The van der Waals surface area contributed by atoms with Gasteiger partial charge in [-0.05, 0) is 42.5 Å². The third-order valence-corrected chi connectivity index (χ3v) is 4.70. The average molecular weight is 444 g/mol. The number of rotatable bonds is 3. The van der Waals surface area contributed by atoms with Crippen LogP contribution in [0.1, 0.15) is 5.76 Å². The molecular weight excluding hydrogens is 432 g/mol. The van der Waals surface area contributed by atoms with Gasteiger partial charge in [0, 0.05) is 21.1 Å². The molecule has 1 aliphatic rings. The third kappa shape index (κ3) is 3.54. The van der Waals surface area contributed by atoms with E-state index in [-0.39, 0.29) is 5.70 Å². The molecule has 1 aromatic heterocycles. The van der Waals surface area contributed by atoms with Crippen LogP contribution in [-0.2, 0) is 4.79 Å². The molecule has 5 nitrogen and oxygen atoms in total. The molecule has 134 valence electrons. The number of carbonyl (C=O) groups excluding carboxylic acids is 2. The van der Waals surface area contributed by atoms with Gasteiger partial charge in [0.2, 0.25) is 0 Å². The highest BCUT2D eigenvalue weighted by atomic mass is 79.9. The summed E-state index contributed by atoms with van der Waals surface area (Å²) in [4.78, 5) is 25.9. The number of urea groups is 1. The molecule has 1 N–H and O–H groups in total. The van der Waals surface area contributed by atoms with E-state index >= 15 is 0 Å². The van der Waals surface area contributed by atoms with Crippen molar-refractivity contribution in [2.24, 2.45) is 0 Å². The van der Waals surface area contributed by atoms with E-state index in [2.05, 4.69) is 21.2 Å². The second-order valence-corrected chi connectivity index (χ2v) is 7.17. The molecule has 0 bridgehead atoms. The Hall–Kier alpha value is -2.83. The molecule has 0 spiro atoms. The van der Waals surface area contributed by atoms with Gasteiger partial charge in [0.05, 0.1) is 5.69 Å². The number of carbonyl (C=O) groups is 2. The zero-order chi connectivity index (χ0) is 19.0. The lowest BCUT2D eigenvalue weighted by Crippen LogP contribution is -2.30. The van der Waals surface area contributed by atoms with Crippen LogP contribution >= 0.6 is 27.5 Å². The van der Waals surface area contributed by atoms with Crippen LogP contribution in [0.5, 0.6) is 0 Å². The molecule has 0 radical (unpaired) electrons. The van der Waals surface area contributed by atoms with Gasteiger partial charge in [-0.3, -0.25) is 4.79 Å². The van der Waals surface area contributed by atoms with Crippen LogP contribution in [0.25, 0.3) is 17.4 Å². The number of furan rings is 1. The average Bonchev–Trinajstić information content (AvgIpc) is 3.20. The van der Waals surface area contributed by atoms with Crippen molar-refractivity contribution < 1.29 is 14.0 Å². The van der Waals surface area contributed by atoms with Gasteiger partial charge in [0.15, 0.2) is 0 Å². The number of amides is 3. The van der Waals surface area contributed by atoms with Crippen molar-refractivity contribution in [1.29, 1.82) is 0 Å². The molecule has 1 saturated heterocycles. The number of anilines is 1. The monoisotopic (exact) mass is 442 g/mol. The second-order valence-electron chi connectivity index (χ2n) is 5.82. The first-order chi connectivity index (χ1) is 13.0. The number of hydrogen-bond acceptors (Lipinski definition) is 3. The predicted octanol–water partition coefficient (Wildman–Crippen LogP) is 5.46. The van der Waals surface area contributed by atoms with E-state index in [0.29, 0.717) is 22.2 Å². The van der Waals surface area contributed by atoms with E-state index in [4.69, 9.17) is 16.0 Å². The number of hydrogen-bond donors (Lipinski definition) is 1. The van der Waals surface area contributed by atoms with E-state index < -0.39 is 11.9 Å². The predicted molar refractivity (Wildman–Crippen MR) is 107 cm³/mol. The Morgan fingerprint density at radius 2 is 1.85 bits per heavy atom. The summed E-state index contributed by atoms with van der Waals surface area (Å²) < 4.78 is 6.73. The summed E-state index contributed by atoms with van der Waals surface area (Å²) in [5, 5.41) is 3.01. The second kappa shape index (κ2) is 7.06. The number of nitrogens with one attached hydrogen (secondary N) is 1. The maximum absolute atomic E-state index is 12.6. The molecule has 3 amide bonds. The molecule has 27 heavy (non-hydrogen) atoms. The maximum Gasteiger partial charge on any atom is 0.333 e. The first-order valence-corrected chi connectivity index (χ1v) is 9.17. The standard InChI is InChI=1S/C20H12BrClN2O3/c21-13-4-1-3-12(9-13)18-8-7-16(27-18)11-17-19(25)24(20(26)23-17)15-6-2-5-14(22)10-15/h1-11H,(H,23,26)/b17-11+. The molecule has 0 atom stereocenters. The molecule has 0 aliphatic carbocycles. The fourth-order valence-electron chi connectivity index (χ4n) is 2.75. The van der Waals surface area contributed by atoms with Crippen LogP contribution in [0.4, 0.5) is 10.5 Å². The van der Waals surface area contributed by atoms with Crippen molar-refractivity contribution >= 4 is 51.2 Å². The van der Waals surface area contributed by atoms with E-state index in [0.717, 1.165) is 14.9 Å². The summed E-state index contributed by atoms with van der Waals surface area (Å²) in [6.07, 6.45) is 1.51. The summed E-state index contributed by atoms with van der Waals surface area (Å²) in [5.41, 5.74) is 1.44. The van der Waals surface area contributed by atoms with Gasteiger partial charge >= 0.3 is 6.03 Å². The van der Waals surface area contributed by atoms with Crippen LogP contribution < -0.4 is 10.2 Å². The van der Waals surface area contributed by atoms with Crippen molar-refractivity contribution in [3.8, 4) is 11.3 Å². The Labute approximate surface area is 168 Å². The highest BCUT2D eigenvalue weighted by Crippen LogP contribution is 2.28. The third-order valence-electron chi connectivity index (χ3n) is 3.97. The molecule has 3 aromatic rings. The molecule has 7 heteroatoms. The Morgan fingerprint density at radius 3 is 2.63 bits per heavy atom. The topological polar surface area (TPSA) is 62.6 Å². The van der Waals surface area contributed by atoms with Crippen molar-refractivity contribution in [3.63, 3.8) is 0 Å². The van der Waals surface area contributed by atoms with E-state index in [1.165, 1.54) is 6.08 Å². The summed E-state index contributed by atoms with van der Waals surface area (Å²) in [5.74, 6) is 0.649. The highest BCUT2D eigenvalue weighted by Gasteiger charge is 2.35. The van der Waals surface area contributed by atoms with E-state index in [1.807, 2.05) is 30.3 Å². The molecule has 1 aliphatic heterocycles. The highest BCUT2D eigenvalue weighted by molar-refractivity contribution is 9.10. The van der Waals surface area contributed by atoms with Gasteiger partial charge in [-0.25, -0.2) is 9.69 Å². The Kier molecular flexibility index (Phi) is 4.59.